The molecule has 0 aliphatic carbocycles. The number of aromatic nitrogens is 1. The number of aryl methyl sites for hydroxylation is 1. The quantitative estimate of drug-likeness (QED) is 0.187. The van der Waals surface area contributed by atoms with Gasteiger partial charge in [-0.05, 0) is 94.6 Å². The fourth-order valence-corrected chi connectivity index (χ4v) is 7.65. The number of hydrogen-bond donors (Lipinski definition) is 2. The predicted molar refractivity (Wildman–Crippen MR) is 189 cm³/mol. The summed E-state index contributed by atoms with van der Waals surface area (Å²) >= 11 is 1.24. The number of nitrogens with zero attached hydrogens (tertiary/aromatic N) is 4. The van der Waals surface area contributed by atoms with Gasteiger partial charge in [0.15, 0.2) is 0 Å². The van der Waals surface area contributed by atoms with Crippen LogP contribution in [-0.4, -0.2) is 58.8 Å². The van der Waals surface area contributed by atoms with Crippen molar-refractivity contribution < 1.29 is 19.1 Å². The zero-order chi connectivity index (χ0) is 33.2. The van der Waals surface area contributed by atoms with E-state index in [0.29, 0.717) is 56.6 Å². The number of allylic oxidation sites excluding steroid dienone is 2. The lowest BCUT2D eigenvalue weighted by Gasteiger charge is -2.30. The van der Waals surface area contributed by atoms with Gasteiger partial charge in [0, 0.05) is 36.8 Å². The number of urea groups is 1. The lowest BCUT2D eigenvalue weighted by Crippen LogP contribution is -2.37. The number of ether oxygens (including phenoxy) is 1. The van der Waals surface area contributed by atoms with Crippen LogP contribution in [0.3, 0.4) is 0 Å². The van der Waals surface area contributed by atoms with E-state index in [4.69, 9.17) is 4.74 Å². The molecular formula is C37H38N6O4S. The Morgan fingerprint density at radius 1 is 0.979 bits per heavy atom. The van der Waals surface area contributed by atoms with Crippen molar-refractivity contribution in [2.45, 2.75) is 46.0 Å². The summed E-state index contributed by atoms with van der Waals surface area (Å²) in [6.07, 6.45) is 10.3. The van der Waals surface area contributed by atoms with Gasteiger partial charge < -0.3 is 20.3 Å². The standard InChI is InChI=1S/C37H38N6O4S/c1-24-23-27(47-26-11-5-3-6-12-26)15-16-29(24)43-30-17-18-38-36-32(30)33(40-37(43)46)34(48-36)35(45)39-28-13-9-22-42(25(28)2)31(44)14-10-21-41-19-7-4-8-20-41/h3,5-6,10-12,14-18,23H,4,7-9,13,19-22H2,1-2H3,(H,39,45)(H,40,46)/b14-10+. The van der Waals surface area contributed by atoms with Gasteiger partial charge in [-0.2, -0.15) is 0 Å². The van der Waals surface area contributed by atoms with E-state index in [9.17, 15) is 14.4 Å². The van der Waals surface area contributed by atoms with Crippen molar-refractivity contribution in [1.82, 2.24) is 20.1 Å². The molecule has 2 aromatic heterocycles. The first-order valence-corrected chi connectivity index (χ1v) is 17.3. The van der Waals surface area contributed by atoms with E-state index in [0.717, 1.165) is 43.1 Å². The van der Waals surface area contributed by atoms with Crippen molar-refractivity contribution in [2.75, 3.05) is 36.4 Å². The SMILES string of the molecule is CC1=C(NC(=O)c2sc3nccc4c3c2NC(=O)N4c2ccc(Oc3ccccc3)cc2C)CCCN1C(=O)/C=C/CN1CCCCC1. The Balaban J connectivity index is 1.11. The first-order chi connectivity index (χ1) is 23.4. The third-order valence-electron chi connectivity index (χ3n) is 9.09. The summed E-state index contributed by atoms with van der Waals surface area (Å²) in [7, 11) is 0. The smallest absolute Gasteiger partial charge is 0.331 e. The van der Waals surface area contributed by atoms with Crippen molar-refractivity contribution in [3.05, 3.63) is 94.8 Å². The Labute approximate surface area is 283 Å². The fourth-order valence-electron chi connectivity index (χ4n) is 6.63. The van der Waals surface area contributed by atoms with Crippen molar-refractivity contribution >= 4 is 56.5 Å². The number of hydrogen-bond acceptors (Lipinski definition) is 7. The summed E-state index contributed by atoms with van der Waals surface area (Å²) in [5, 5.41) is 6.76. The molecule has 10 nitrogen and oxygen atoms in total. The Kier molecular flexibility index (Phi) is 8.96. The third-order valence-corrected chi connectivity index (χ3v) is 10.2. The number of benzene rings is 2. The van der Waals surface area contributed by atoms with Crippen LogP contribution in [0.15, 0.2) is 84.3 Å². The molecule has 0 radical (unpaired) electrons. The monoisotopic (exact) mass is 662 g/mol. The van der Waals surface area contributed by atoms with Crippen LogP contribution in [0.4, 0.5) is 21.9 Å². The number of carbonyl (C=O) groups excluding carboxylic acids is 3. The molecule has 5 heterocycles. The van der Waals surface area contributed by atoms with Gasteiger partial charge in [-0.3, -0.25) is 19.4 Å². The molecule has 2 N–H and O–H groups in total. The lowest BCUT2D eigenvalue weighted by atomic mass is 10.1. The topological polar surface area (TPSA) is 107 Å². The highest BCUT2D eigenvalue weighted by Crippen LogP contribution is 2.46. The second kappa shape index (κ2) is 13.6. The number of nitrogens with one attached hydrogen (secondary N) is 2. The molecule has 246 valence electrons. The minimum absolute atomic E-state index is 0.0796. The summed E-state index contributed by atoms with van der Waals surface area (Å²) in [6.45, 7) is 7.32. The van der Waals surface area contributed by atoms with Crippen LogP contribution >= 0.6 is 11.3 Å². The summed E-state index contributed by atoms with van der Waals surface area (Å²) in [5.74, 6) is 0.971. The molecule has 2 aromatic carbocycles. The van der Waals surface area contributed by atoms with Crippen molar-refractivity contribution in [3.63, 3.8) is 0 Å². The normalized spacial score (nSPS) is 16.8. The molecule has 1 fully saturated rings. The largest absolute Gasteiger partial charge is 0.457 e. The van der Waals surface area contributed by atoms with Gasteiger partial charge in [-0.1, -0.05) is 30.7 Å². The molecule has 4 aromatic rings. The maximum Gasteiger partial charge on any atom is 0.331 e. The Hall–Kier alpha value is -5.00. The van der Waals surface area contributed by atoms with Gasteiger partial charge in [-0.15, -0.1) is 11.3 Å². The average Bonchev–Trinajstić information content (AvgIpc) is 3.46. The summed E-state index contributed by atoms with van der Waals surface area (Å²) < 4.78 is 6.00. The molecule has 4 amide bonds. The van der Waals surface area contributed by atoms with Crippen molar-refractivity contribution in [1.29, 1.82) is 0 Å². The highest BCUT2D eigenvalue weighted by atomic mass is 32.1. The van der Waals surface area contributed by atoms with Gasteiger partial charge in [0.05, 0.1) is 22.4 Å². The van der Waals surface area contributed by atoms with Gasteiger partial charge in [0.1, 0.15) is 21.2 Å². The predicted octanol–water partition coefficient (Wildman–Crippen LogP) is 7.71. The van der Waals surface area contributed by atoms with E-state index < -0.39 is 0 Å². The second-order valence-electron chi connectivity index (χ2n) is 12.3. The van der Waals surface area contributed by atoms with E-state index in [-0.39, 0.29) is 17.8 Å². The van der Waals surface area contributed by atoms with Crippen LogP contribution in [-0.2, 0) is 4.79 Å². The fraction of sp³-hybridized carbons (Fsp3) is 0.297. The Bertz CT molecular complexity index is 1950. The first kappa shape index (κ1) is 31.6. The van der Waals surface area contributed by atoms with E-state index >= 15 is 0 Å². The van der Waals surface area contributed by atoms with Crippen molar-refractivity contribution in [2.24, 2.45) is 0 Å². The van der Waals surface area contributed by atoms with Gasteiger partial charge in [0.25, 0.3) is 5.91 Å². The second-order valence-corrected chi connectivity index (χ2v) is 13.3. The van der Waals surface area contributed by atoms with E-state index in [1.54, 1.807) is 28.1 Å². The van der Waals surface area contributed by atoms with Crippen LogP contribution in [0, 0.1) is 6.92 Å². The maximum absolute atomic E-state index is 13.8. The molecule has 0 saturated carbocycles. The van der Waals surface area contributed by atoms with Crippen LogP contribution in [0.25, 0.3) is 10.2 Å². The van der Waals surface area contributed by atoms with Crippen LogP contribution in [0.5, 0.6) is 11.5 Å². The first-order valence-electron chi connectivity index (χ1n) is 16.4. The number of carbonyl (C=O) groups is 3. The number of likely N-dealkylation sites (tertiary alicyclic amines) is 1. The molecular weight excluding hydrogens is 625 g/mol. The molecule has 0 unspecified atom stereocenters. The third kappa shape index (κ3) is 6.31. The van der Waals surface area contributed by atoms with E-state index in [1.807, 2.05) is 68.5 Å². The minimum atomic E-state index is -0.372. The molecule has 0 bridgehead atoms. The molecule has 0 spiro atoms. The number of pyridine rings is 1. The molecule has 0 atom stereocenters. The van der Waals surface area contributed by atoms with Gasteiger partial charge in [-0.25, -0.2) is 9.78 Å². The number of piperidine rings is 1. The summed E-state index contributed by atoms with van der Waals surface area (Å²) in [6, 6.07) is 16.5. The average molecular weight is 663 g/mol. The zero-order valence-electron chi connectivity index (χ0n) is 27.1. The van der Waals surface area contributed by atoms with Crippen LogP contribution in [0.2, 0.25) is 0 Å². The molecule has 3 aliphatic rings. The molecule has 11 heteroatoms. The van der Waals surface area contributed by atoms with Crippen LogP contribution in [0.1, 0.15) is 54.3 Å². The minimum Gasteiger partial charge on any atom is -0.457 e. The lowest BCUT2D eigenvalue weighted by molar-refractivity contribution is -0.124. The highest BCUT2D eigenvalue weighted by molar-refractivity contribution is 7.21. The van der Waals surface area contributed by atoms with Gasteiger partial charge >= 0.3 is 6.03 Å². The number of anilines is 3. The Morgan fingerprint density at radius 2 is 1.79 bits per heavy atom. The molecule has 7 rings (SSSR count). The summed E-state index contributed by atoms with van der Waals surface area (Å²) in [5.41, 5.74) is 4.08. The van der Waals surface area contributed by atoms with E-state index in [1.165, 1.54) is 30.6 Å². The molecule has 1 saturated heterocycles. The molecule has 3 aliphatic heterocycles. The number of rotatable bonds is 8. The van der Waals surface area contributed by atoms with Gasteiger partial charge in [0.2, 0.25) is 5.91 Å². The maximum atomic E-state index is 13.8. The Morgan fingerprint density at radius 3 is 2.58 bits per heavy atom. The zero-order valence-corrected chi connectivity index (χ0v) is 27.9. The highest BCUT2D eigenvalue weighted by Gasteiger charge is 2.34. The van der Waals surface area contributed by atoms with E-state index in [2.05, 4.69) is 20.5 Å². The number of thiophene rings is 1. The van der Waals surface area contributed by atoms with Crippen LogP contribution < -0.4 is 20.3 Å². The number of para-hydroxylation sites is 1. The van der Waals surface area contributed by atoms with Crippen molar-refractivity contribution in [3.8, 4) is 11.5 Å². The summed E-state index contributed by atoms with van der Waals surface area (Å²) in [4.78, 5) is 51.9. The molecule has 48 heavy (non-hydrogen) atoms. The number of amides is 4.